The highest BCUT2D eigenvalue weighted by atomic mass is 16.6. The number of carbonyl (C=O) groups is 3. The van der Waals surface area contributed by atoms with Gasteiger partial charge in [-0.05, 0) is 40.0 Å². The zero-order valence-corrected chi connectivity index (χ0v) is 13.7. The van der Waals surface area contributed by atoms with Crippen molar-refractivity contribution in [2.75, 3.05) is 13.2 Å². The summed E-state index contributed by atoms with van der Waals surface area (Å²) in [6.07, 6.45) is -0.0258. The van der Waals surface area contributed by atoms with Gasteiger partial charge in [-0.15, -0.1) is 0 Å². The molecule has 23 heavy (non-hydrogen) atoms. The van der Waals surface area contributed by atoms with E-state index in [0.717, 1.165) is 4.90 Å². The van der Waals surface area contributed by atoms with Gasteiger partial charge in [0.15, 0.2) is 0 Å². The van der Waals surface area contributed by atoms with Crippen molar-refractivity contribution in [3.8, 4) is 0 Å². The van der Waals surface area contributed by atoms with E-state index in [4.69, 9.17) is 9.47 Å². The van der Waals surface area contributed by atoms with Crippen LogP contribution in [0, 0.1) is 0 Å². The molecule has 3 atom stereocenters. The highest BCUT2D eigenvalue weighted by molar-refractivity contribution is 5.98. The number of ether oxygens (including phenoxy) is 2. The van der Waals surface area contributed by atoms with Crippen LogP contribution in [0.4, 0.5) is 4.79 Å². The Hall–Kier alpha value is -1.67. The van der Waals surface area contributed by atoms with Crippen molar-refractivity contribution in [1.82, 2.24) is 10.2 Å². The summed E-state index contributed by atoms with van der Waals surface area (Å²) in [6, 6.07) is -1.03. The maximum Gasteiger partial charge on any atom is 0.407 e. The van der Waals surface area contributed by atoms with Crippen molar-refractivity contribution in [2.45, 2.75) is 63.8 Å². The van der Waals surface area contributed by atoms with Gasteiger partial charge < -0.3 is 19.9 Å². The standard InChI is InChI=1S/C15H24N2O6/c1-15(2,3)23-14(21)16-10-5-4-9(18)6-11(10)17-12(19)7-22-8-13(17)20/h9-11,18H,4-8H2,1-3H3,(H,16,21). The van der Waals surface area contributed by atoms with Crippen LogP contribution in [0.2, 0.25) is 0 Å². The molecule has 3 unspecified atom stereocenters. The molecule has 1 aliphatic carbocycles. The van der Waals surface area contributed by atoms with Crippen molar-refractivity contribution in [1.29, 1.82) is 0 Å². The lowest BCUT2D eigenvalue weighted by Crippen LogP contribution is -2.61. The van der Waals surface area contributed by atoms with Crippen molar-refractivity contribution >= 4 is 17.9 Å². The molecule has 0 aromatic carbocycles. The van der Waals surface area contributed by atoms with E-state index in [2.05, 4.69) is 5.32 Å². The average molecular weight is 328 g/mol. The van der Waals surface area contributed by atoms with Gasteiger partial charge in [-0.25, -0.2) is 4.79 Å². The monoisotopic (exact) mass is 328 g/mol. The van der Waals surface area contributed by atoms with E-state index in [1.54, 1.807) is 20.8 Å². The number of carbonyl (C=O) groups excluding carboxylic acids is 3. The number of imide groups is 1. The number of nitrogens with zero attached hydrogens (tertiary/aromatic N) is 1. The number of morpholine rings is 1. The van der Waals surface area contributed by atoms with Gasteiger partial charge in [0.2, 0.25) is 0 Å². The molecule has 0 radical (unpaired) electrons. The molecule has 1 aliphatic heterocycles. The maximum atomic E-state index is 12.0. The summed E-state index contributed by atoms with van der Waals surface area (Å²) in [7, 11) is 0. The molecule has 3 amide bonds. The summed E-state index contributed by atoms with van der Waals surface area (Å²) in [4.78, 5) is 37.2. The smallest absolute Gasteiger partial charge is 0.407 e. The third kappa shape index (κ3) is 4.65. The van der Waals surface area contributed by atoms with Gasteiger partial charge in [0.25, 0.3) is 11.8 Å². The Balaban J connectivity index is 2.11. The lowest BCUT2D eigenvalue weighted by Gasteiger charge is -2.41. The zero-order valence-electron chi connectivity index (χ0n) is 13.7. The molecule has 2 aliphatic rings. The van der Waals surface area contributed by atoms with Crippen molar-refractivity contribution < 1.29 is 29.0 Å². The molecular formula is C15H24N2O6. The Morgan fingerprint density at radius 3 is 2.43 bits per heavy atom. The van der Waals surface area contributed by atoms with Gasteiger partial charge in [0.05, 0.1) is 18.2 Å². The van der Waals surface area contributed by atoms with E-state index in [1.165, 1.54) is 0 Å². The second kappa shape index (κ2) is 6.84. The highest BCUT2D eigenvalue weighted by Crippen LogP contribution is 2.26. The number of hydrogen-bond donors (Lipinski definition) is 2. The van der Waals surface area contributed by atoms with Gasteiger partial charge in [-0.1, -0.05) is 0 Å². The number of alkyl carbamates (subject to hydrolysis) is 1. The number of hydrogen-bond acceptors (Lipinski definition) is 6. The first kappa shape index (κ1) is 17.7. The third-order valence-corrected chi connectivity index (χ3v) is 3.81. The molecule has 8 heteroatoms. The average Bonchev–Trinajstić information content (AvgIpc) is 2.39. The second-order valence-electron chi connectivity index (χ2n) is 6.94. The third-order valence-electron chi connectivity index (χ3n) is 3.81. The van der Waals surface area contributed by atoms with Crippen molar-refractivity contribution in [3.05, 3.63) is 0 Å². The lowest BCUT2D eigenvalue weighted by atomic mass is 9.87. The SMILES string of the molecule is CC(C)(C)OC(=O)NC1CCC(O)CC1N1C(=O)COCC1=O. The first-order chi connectivity index (χ1) is 10.7. The van der Waals surface area contributed by atoms with E-state index in [1.807, 2.05) is 0 Å². The number of rotatable bonds is 2. The largest absolute Gasteiger partial charge is 0.444 e. The summed E-state index contributed by atoms with van der Waals surface area (Å²) in [5, 5.41) is 12.6. The lowest BCUT2D eigenvalue weighted by molar-refractivity contribution is -0.164. The molecule has 1 heterocycles. The Kier molecular flexibility index (Phi) is 5.26. The van der Waals surface area contributed by atoms with Crippen LogP contribution in [0.3, 0.4) is 0 Å². The number of amides is 3. The molecule has 0 aromatic rings. The first-order valence-corrected chi connectivity index (χ1v) is 7.77. The molecule has 0 aromatic heterocycles. The first-order valence-electron chi connectivity index (χ1n) is 7.77. The number of nitrogens with one attached hydrogen (secondary N) is 1. The van der Waals surface area contributed by atoms with Gasteiger partial charge in [0, 0.05) is 0 Å². The number of aliphatic hydroxyl groups is 1. The minimum Gasteiger partial charge on any atom is -0.444 e. The van der Waals surface area contributed by atoms with Crippen LogP contribution in [-0.2, 0) is 19.1 Å². The molecule has 2 rings (SSSR count). The van der Waals surface area contributed by atoms with E-state index < -0.39 is 41.7 Å². The highest BCUT2D eigenvalue weighted by Gasteiger charge is 2.41. The summed E-state index contributed by atoms with van der Waals surface area (Å²) >= 11 is 0. The Labute approximate surface area is 135 Å². The van der Waals surface area contributed by atoms with Crippen LogP contribution in [-0.4, -0.2) is 64.9 Å². The summed E-state index contributed by atoms with van der Waals surface area (Å²) in [6.45, 7) is 4.92. The van der Waals surface area contributed by atoms with E-state index >= 15 is 0 Å². The van der Waals surface area contributed by atoms with Crippen LogP contribution in [0.25, 0.3) is 0 Å². The van der Waals surface area contributed by atoms with Crippen LogP contribution in [0.1, 0.15) is 40.0 Å². The molecule has 2 fully saturated rings. The van der Waals surface area contributed by atoms with E-state index in [0.29, 0.717) is 12.8 Å². The predicted octanol–water partition coefficient (Wildman–Crippen LogP) is 0.179. The fourth-order valence-electron chi connectivity index (χ4n) is 2.91. The minimum absolute atomic E-state index is 0.169. The van der Waals surface area contributed by atoms with Gasteiger partial charge in [-0.2, -0.15) is 0 Å². The maximum absolute atomic E-state index is 12.0. The molecule has 1 saturated carbocycles. The molecule has 0 spiro atoms. The minimum atomic E-state index is -0.641. The van der Waals surface area contributed by atoms with E-state index in [-0.39, 0.29) is 19.6 Å². The van der Waals surface area contributed by atoms with Gasteiger partial charge in [-0.3, -0.25) is 14.5 Å². The van der Waals surface area contributed by atoms with Gasteiger partial charge >= 0.3 is 6.09 Å². The Morgan fingerprint density at radius 1 is 1.26 bits per heavy atom. The summed E-state index contributed by atoms with van der Waals surface area (Å²) in [5.41, 5.74) is -0.641. The van der Waals surface area contributed by atoms with Crippen LogP contribution in [0.15, 0.2) is 0 Å². The van der Waals surface area contributed by atoms with Crippen molar-refractivity contribution in [2.24, 2.45) is 0 Å². The molecule has 2 N–H and O–H groups in total. The van der Waals surface area contributed by atoms with Gasteiger partial charge in [0.1, 0.15) is 18.8 Å². The molecule has 0 bridgehead atoms. The normalized spacial score (nSPS) is 29.4. The molecule has 1 saturated heterocycles. The predicted molar refractivity (Wildman–Crippen MR) is 79.5 cm³/mol. The fourth-order valence-corrected chi connectivity index (χ4v) is 2.91. The topological polar surface area (TPSA) is 105 Å². The fraction of sp³-hybridized carbons (Fsp3) is 0.800. The quantitative estimate of drug-likeness (QED) is 0.701. The van der Waals surface area contributed by atoms with E-state index in [9.17, 15) is 19.5 Å². The molecular weight excluding hydrogens is 304 g/mol. The summed E-state index contributed by atoms with van der Waals surface area (Å²) < 4.78 is 10.1. The summed E-state index contributed by atoms with van der Waals surface area (Å²) in [5.74, 6) is -0.896. The second-order valence-corrected chi connectivity index (χ2v) is 6.94. The van der Waals surface area contributed by atoms with Crippen LogP contribution in [0.5, 0.6) is 0 Å². The number of aliphatic hydroxyl groups excluding tert-OH is 1. The Bertz CT molecular complexity index is 471. The zero-order chi connectivity index (χ0) is 17.2. The Morgan fingerprint density at radius 2 is 1.87 bits per heavy atom. The van der Waals surface area contributed by atoms with Crippen LogP contribution < -0.4 is 5.32 Å². The molecule has 8 nitrogen and oxygen atoms in total. The molecule has 130 valence electrons. The van der Waals surface area contributed by atoms with Crippen LogP contribution >= 0.6 is 0 Å². The van der Waals surface area contributed by atoms with Crippen molar-refractivity contribution in [3.63, 3.8) is 0 Å².